The first-order chi connectivity index (χ1) is 5.66. The van der Waals surface area contributed by atoms with Crippen molar-refractivity contribution in [1.29, 1.82) is 0 Å². The number of halogens is 1. The lowest BCUT2D eigenvalue weighted by molar-refractivity contribution is 0.461. The highest BCUT2D eigenvalue weighted by atomic mass is 127. The Morgan fingerprint density at radius 3 is 2.83 bits per heavy atom. The lowest BCUT2D eigenvalue weighted by Crippen LogP contribution is -2.10. The van der Waals surface area contributed by atoms with E-state index in [9.17, 15) is 0 Å². The normalized spacial score (nSPS) is 13.2. The van der Waals surface area contributed by atoms with E-state index in [1.54, 1.807) is 0 Å². The van der Waals surface area contributed by atoms with E-state index in [1.807, 2.05) is 10.9 Å². The maximum atomic E-state index is 5.83. The van der Waals surface area contributed by atoms with Gasteiger partial charge < -0.3 is 5.73 Å². The second-order valence-corrected chi connectivity index (χ2v) is 4.12. The molecule has 0 aromatic carbocycles. The van der Waals surface area contributed by atoms with Crippen molar-refractivity contribution in [1.82, 2.24) is 9.78 Å². The Morgan fingerprint density at radius 2 is 2.42 bits per heavy atom. The van der Waals surface area contributed by atoms with Crippen LogP contribution in [0, 0.1) is 3.57 Å². The molecule has 1 heterocycles. The van der Waals surface area contributed by atoms with Crippen LogP contribution in [0.15, 0.2) is 6.20 Å². The summed E-state index contributed by atoms with van der Waals surface area (Å²) < 4.78 is 2.93. The molecule has 0 fully saturated rings. The third kappa shape index (κ3) is 1.91. The number of nitrogen functional groups attached to an aromatic ring is 1. The van der Waals surface area contributed by atoms with Gasteiger partial charge in [-0.3, -0.25) is 0 Å². The van der Waals surface area contributed by atoms with Crippen LogP contribution in [0.1, 0.15) is 32.7 Å². The van der Waals surface area contributed by atoms with E-state index in [0.717, 1.165) is 22.2 Å². The molecule has 0 spiro atoms. The molecule has 12 heavy (non-hydrogen) atoms. The van der Waals surface area contributed by atoms with Gasteiger partial charge in [-0.2, -0.15) is 5.10 Å². The van der Waals surface area contributed by atoms with Crippen molar-refractivity contribution in [2.75, 3.05) is 5.73 Å². The largest absolute Gasteiger partial charge is 0.383 e. The molecule has 0 aliphatic rings. The Kier molecular flexibility index (Phi) is 3.37. The molecule has 0 aliphatic carbocycles. The second kappa shape index (κ2) is 4.11. The molecule has 3 nitrogen and oxygen atoms in total. The van der Waals surface area contributed by atoms with E-state index in [-0.39, 0.29) is 0 Å². The van der Waals surface area contributed by atoms with E-state index in [2.05, 4.69) is 41.5 Å². The molecule has 0 saturated carbocycles. The fourth-order valence-corrected chi connectivity index (χ4v) is 1.61. The third-order valence-corrected chi connectivity index (χ3v) is 2.74. The van der Waals surface area contributed by atoms with Crippen molar-refractivity contribution in [2.24, 2.45) is 0 Å². The minimum atomic E-state index is 0.415. The van der Waals surface area contributed by atoms with Crippen LogP contribution < -0.4 is 5.73 Å². The van der Waals surface area contributed by atoms with Gasteiger partial charge in [0.2, 0.25) is 0 Å². The topological polar surface area (TPSA) is 43.8 Å². The minimum absolute atomic E-state index is 0.415. The maximum absolute atomic E-state index is 5.83. The van der Waals surface area contributed by atoms with E-state index >= 15 is 0 Å². The van der Waals surface area contributed by atoms with Crippen LogP contribution >= 0.6 is 22.6 Å². The van der Waals surface area contributed by atoms with Crippen LogP contribution in [-0.4, -0.2) is 9.78 Å². The maximum Gasteiger partial charge on any atom is 0.135 e. The summed E-state index contributed by atoms with van der Waals surface area (Å²) >= 11 is 2.20. The highest BCUT2D eigenvalue weighted by molar-refractivity contribution is 14.1. The van der Waals surface area contributed by atoms with Gasteiger partial charge in [-0.05, 0) is 35.9 Å². The molecule has 1 atom stereocenters. The summed E-state index contributed by atoms with van der Waals surface area (Å²) in [5.41, 5.74) is 5.83. The first-order valence-corrected chi connectivity index (χ1v) is 5.23. The molecule has 1 rings (SSSR count). The highest BCUT2D eigenvalue weighted by Crippen LogP contribution is 2.20. The van der Waals surface area contributed by atoms with E-state index in [1.165, 1.54) is 0 Å². The zero-order valence-electron chi connectivity index (χ0n) is 7.42. The van der Waals surface area contributed by atoms with Gasteiger partial charge in [-0.15, -0.1) is 0 Å². The zero-order chi connectivity index (χ0) is 9.14. The number of aromatic nitrogens is 2. The smallest absolute Gasteiger partial charge is 0.135 e. The molecule has 0 saturated heterocycles. The first kappa shape index (κ1) is 9.83. The van der Waals surface area contributed by atoms with Gasteiger partial charge in [-0.25, -0.2) is 4.68 Å². The molecular formula is C8H14IN3. The Bertz CT molecular complexity index is 257. The molecular weight excluding hydrogens is 265 g/mol. The highest BCUT2D eigenvalue weighted by Gasteiger charge is 2.09. The lowest BCUT2D eigenvalue weighted by Gasteiger charge is -2.12. The summed E-state index contributed by atoms with van der Waals surface area (Å²) in [5, 5.41) is 4.22. The predicted octanol–water partition coefficient (Wildman–Crippen LogP) is 2.43. The van der Waals surface area contributed by atoms with Crippen LogP contribution in [0.5, 0.6) is 0 Å². The molecule has 2 N–H and O–H groups in total. The van der Waals surface area contributed by atoms with Crippen molar-refractivity contribution >= 4 is 28.4 Å². The quantitative estimate of drug-likeness (QED) is 0.863. The molecule has 0 bridgehead atoms. The fraction of sp³-hybridized carbons (Fsp3) is 0.625. The predicted molar refractivity (Wildman–Crippen MR) is 59.0 cm³/mol. The Balaban J connectivity index is 2.80. The second-order valence-electron chi connectivity index (χ2n) is 2.96. The summed E-state index contributed by atoms with van der Waals surface area (Å²) in [6.07, 6.45) is 4.10. The number of anilines is 1. The summed E-state index contributed by atoms with van der Waals surface area (Å²) in [5.74, 6) is 0.788. The van der Waals surface area contributed by atoms with Gasteiger partial charge in [0.1, 0.15) is 5.82 Å². The standard InChI is InChI=1S/C8H14IN3/c1-3-4-6(2)12-8(10)7(9)5-11-12/h5-6H,3-4,10H2,1-2H3. The zero-order valence-corrected chi connectivity index (χ0v) is 9.58. The molecule has 68 valence electrons. The summed E-state index contributed by atoms with van der Waals surface area (Å²) in [6, 6.07) is 0.415. The lowest BCUT2D eigenvalue weighted by atomic mass is 10.2. The average Bonchev–Trinajstić information content (AvgIpc) is 2.34. The minimum Gasteiger partial charge on any atom is -0.383 e. The third-order valence-electron chi connectivity index (χ3n) is 1.91. The number of hydrogen-bond acceptors (Lipinski definition) is 2. The number of rotatable bonds is 3. The fourth-order valence-electron chi connectivity index (χ4n) is 1.24. The van der Waals surface area contributed by atoms with Gasteiger partial charge in [0.25, 0.3) is 0 Å². The Labute approximate surface area is 86.5 Å². The first-order valence-electron chi connectivity index (χ1n) is 4.15. The van der Waals surface area contributed by atoms with Gasteiger partial charge in [-0.1, -0.05) is 13.3 Å². The van der Waals surface area contributed by atoms with Crippen LogP contribution in [0.4, 0.5) is 5.82 Å². The molecule has 1 unspecified atom stereocenters. The molecule has 0 aliphatic heterocycles. The average molecular weight is 279 g/mol. The van der Waals surface area contributed by atoms with Crippen molar-refractivity contribution in [3.63, 3.8) is 0 Å². The van der Waals surface area contributed by atoms with Crippen molar-refractivity contribution in [2.45, 2.75) is 32.7 Å². The summed E-state index contributed by atoms with van der Waals surface area (Å²) in [6.45, 7) is 4.31. The number of nitrogens with two attached hydrogens (primary N) is 1. The van der Waals surface area contributed by atoms with Crippen molar-refractivity contribution in [3.05, 3.63) is 9.77 Å². The van der Waals surface area contributed by atoms with E-state index < -0.39 is 0 Å². The van der Waals surface area contributed by atoms with Gasteiger partial charge in [0, 0.05) is 0 Å². The number of hydrogen-bond donors (Lipinski definition) is 1. The SMILES string of the molecule is CCCC(C)n1ncc(I)c1N. The van der Waals surface area contributed by atoms with Gasteiger partial charge >= 0.3 is 0 Å². The Morgan fingerprint density at radius 1 is 1.75 bits per heavy atom. The van der Waals surface area contributed by atoms with Gasteiger partial charge in [0.05, 0.1) is 15.8 Å². The molecule has 0 amide bonds. The summed E-state index contributed by atoms with van der Waals surface area (Å²) in [7, 11) is 0. The van der Waals surface area contributed by atoms with Crippen LogP contribution in [0.25, 0.3) is 0 Å². The van der Waals surface area contributed by atoms with E-state index in [0.29, 0.717) is 6.04 Å². The van der Waals surface area contributed by atoms with Crippen LogP contribution in [0.3, 0.4) is 0 Å². The Hall–Kier alpha value is -0.260. The monoisotopic (exact) mass is 279 g/mol. The van der Waals surface area contributed by atoms with Crippen LogP contribution in [-0.2, 0) is 0 Å². The molecule has 1 aromatic rings. The summed E-state index contributed by atoms with van der Waals surface area (Å²) in [4.78, 5) is 0. The van der Waals surface area contributed by atoms with Crippen molar-refractivity contribution < 1.29 is 0 Å². The van der Waals surface area contributed by atoms with Gasteiger partial charge in [0.15, 0.2) is 0 Å². The van der Waals surface area contributed by atoms with E-state index in [4.69, 9.17) is 5.73 Å². The number of nitrogens with zero attached hydrogens (tertiary/aromatic N) is 2. The molecule has 4 heteroatoms. The van der Waals surface area contributed by atoms with Crippen LogP contribution in [0.2, 0.25) is 0 Å². The molecule has 1 aromatic heterocycles. The molecule has 0 radical (unpaired) electrons. The van der Waals surface area contributed by atoms with Crippen molar-refractivity contribution in [3.8, 4) is 0 Å².